The van der Waals surface area contributed by atoms with Crippen LogP contribution >= 0.6 is 0 Å². The lowest BCUT2D eigenvalue weighted by Gasteiger charge is -2.04. The molecule has 0 radical (unpaired) electrons. The Bertz CT molecular complexity index is 642. The predicted molar refractivity (Wildman–Crippen MR) is 57.5 cm³/mol. The number of nitro groups is 1. The lowest BCUT2D eigenvalue weighted by Crippen LogP contribution is -2.14. The molecule has 1 N–H and O–H groups in total. The number of benzene rings is 1. The number of nitrogens with zero attached hydrogens (tertiary/aromatic N) is 2. The first-order valence-electron chi connectivity index (χ1n) is 4.83. The third-order valence-electron chi connectivity index (χ3n) is 2.17. The number of aromatic nitrogens is 1. The number of amides is 1. The van der Waals surface area contributed by atoms with Crippen LogP contribution in [0, 0.1) is 21.7 Å². The SMILES string of the molecule is O=C(Nc1cnoc1)c1cc(F)c([N+](=O)[O-])cc1F. The minimum Gasteiger partial charge on any atom is -0.363 e. The molecule has 0 aliphatic rings. The molecule has 0 spiro atoms. The van der Waals surface area contributed by atoms with Gasteiger partial charge in [0.25, 0.3) is 5.91 Å². The Morgan fingerprint density at radius 1 is 1.37 bits per heavy atom. The van der Waals surface area contributed by atoms with Gasteiger partial charge in [0.1, 0.15) is 17.8 Å². The standard InChI is InChI=1S/C10H5F2N3O4/c11-7-2-9(15(17)18)8(12)1-6(7)10(16)14-5-3-13-19-4-5/h1-4H,(H,14,16). The topological polar surface area (TPSA) is 98.3 Å². The first-order valence-corrected chi connectivity index (χ1v) is 4.83. The Balaban J connectivity index is 2.32. The number of halogens is 2. The molecule has 2 rings (SSSR count). The number of carbonyl (C=O) groups excluding carboxylic acids is 1. The van der Waals surface area contributed by atoms with E-state index in [-0.39, 0.29) is 5.69 Å². The molecule has 9 heteroatoms. The summed E-state index contributed by atoms with van der Waals surface area (Å²) in [5.41, 5.74) is -1.56. The van der Waals surface area contributed by atoms with E-state index in [1.807, 2.05) is 0 Å². The van der Waals surface area contributed by atoms with Crippen molar-refractivity contribution in [1.29, 1.82) is 0 Å². The van der Waals surface area contributed by atoms with E-state index < -0.39 is 33.7 Å². The molecule has 1 heterocycles. The van der Waals surface area contributed by atoms with Gasteiger partial charge in [-0.2, -0.15) is 4.39 Å². The van der Waals surface area contributed by atoms with Gasteiger partial charge < -0.3 is 9.84 Å². The zero-order valence-electron chi connectivity index (χ0n) is 9.09. The van der Waals surface area contributed by atoms with Gasteiger partial charge in [-0.05, 0) is 6.07 Å². The van der Waals surface area contributed by atoms with Crippen molar-refractivity contribution >= 4 is 17.3 Å². The second-order valence-electron chi connectivity index (χ2n) is 3.41. The van der Waals surface area contributed by atoms with Crippen LogP contribution in [0.25, 0.3) is 0 Å². The normalized spacial score (nSPS) is 10.2. The maximum Gasteiger partial charge on any atom is 0.307 e. The fourth-order valence-corrected chi connectivity index (χ4v) is 1.32. The summed E-state index contributed by atoms with van der Waals surface area (Å²) < 4.78 is 31.2. The van der Waals surface area contributed by atoms with E-state index in [4.69, 9.17) is 0 Å². The zero-order chi connectivity index (χ0) is 14.0. The van der Waals surface area contributed by atoms with Crippen molar-refractivity contribution in [3.63, 3.8) is 0 Å². The molecule has 7 nitrogen and oxygen atoms in total. The minimum atomic E-state index is -1.30. The molecule has 1 aromatic carbocycles. The lowest BCUT2D eigenvalue weighted by atomic mass is 10.1. The maximum absolute atomic E-state index is 13.5. The molecule has 0 bridgehead atoms. The molecule has 0 saturated heterocycles. The van der Waals surface area contributed by atoms with Crippen molar-refractivity contribution < 1.29 is 23.0 Å². The van der Waals surface area contributed by atoms with E-state index in [1.54, 1.807) is 0 Å². The largest absolute Gasteiger partial charge is 0.363 e. The monoisotopic (exact) mass is 269 g/mol. The Morgan fingerprint density at radius 3 is 2.68 bits per heavy atom. The van der Waals surface area contributed by atoms with Crippen LogP contribution in [0.5, 0.6) is 0 Å². The molecular formula is C10H5F2N3O4. The molecule has 0 unspecified atom stereocenters. The fraction of sp³-hybridized carbons (Fsp3) is 0. The summed E-state index contributed by atoms with van der Waals surface area (Å²) in [5.74, 6) is -3.49. The van der Waals surface area contributed by atoms with Gasteiger partial charge in [0.05, 0.1) is 22.7 Å². The first-order chi connectivity index (χ1) is 8.99. The molecule has 1 amide bonds. The maximum atomic E-state index is 13.5. The second kappa shape index (κ2) is 4.80. The number of nitrogens with one attached hydrogen (secondary N) is 1. The van der Waals surface area contributed by atoms with E-state index in [1.165, 1.54) is 0 Å². The summed E-state index contributed by atoms with van der Waals surface area (Å²) >= 11 is 0. The summed E-state index contributed by atoms with van der Waals surface area (Å²) in [6.45, 7) is 0. The van der Waals surface area contributed by atoms with Crippen LogP contribution in [-0.2, 0) is 0 Å². The molecule has 0 aliphatic heterocycles. The van der Waals surface area contributed by atoms with E-state index >= 15 is 0 Å². The van der Waals surface area contributed by atoms with Gasteiger partial charge in [-0.3, -0.25) is 14.9 Å². The van der Waals surface area contributed by atoms with Gasteiger partial charge in [-0.1, -0.05) is 5.16 Å². The molecule has 19 heavy (non-hydrogen) atoms. The van der Waals surface area contributed by atoms with Crippen molar-refractivity contribution in [1.82, 2.24) is 5.16 Å². The fourth-order valence-electron chi connectivity index (χ4n) is 1.32. The van der Waals surface area contributed by atoms with E-state index in [2.05, 4.69) is 15.0 Å². The van der Waals surface area contributed by atoms with Crippen molar-refractivity contribution in [2.75, 3.05) is 5.32 Å². The Morgan fingerprint density at radius 2 is 2.11 bits per heavy atom. The van der Waals surface area contributed by atoms with Crippen molar-refractivity contribution in [2.24, 2.45) is 0 Å². The molecule has 1 aromatic heterocycles. The van der Waals surface area contributed by atoms with Gasteiger partial charge >= 0.3 is 5.69 Å². The zero-order valence-corrected chi connectivity index (χ0v) is 9.09. The summed E-state index contributed by atoms with van der Waals surface area (Å²) in [4.78, 5) is 20.9. The average Bonchev–Trinajstić information content (AvgIpc) is 2.83. The van der Waals surface area contributed by atoms with E-state index in [0.717, 1.165) is 12.5 Å². The van der Waals surface area contributed by atoms with Crippen LogP contribution in [0.15, 0.2) is 29.1 Å². The van der Waals surface area contributed by atoms with Crippen LogP contribution in [0.2, 0.25) is 0 Å². The van der Waals surface area contributed by atoms with E-state index in [9.17, 15) is 23.7 Å². The van der Waals surface area contributed by atoms with Gasteiger partial charge in [0.15, 0.2) is 0 Å². The molecule has 2 aromatic rings. The number of anilines is 1. The van der Waals surface area contributed by atoms with Crippen molar-refractivity contribution in [3.05, 3.63) is 51.9 Å². The second-order valence-corrected chi connectivity index (χ2v) is 3.41. The Kier molecular flexibility index (Phi) is 3.19. The summed E-state index contributed by atoms with van der Waals surface area (Å²) in [5, 5.41) is 15.9. The first kappa shape index (κ1) is 12.6. The van der Waals surface area contributed by atoms with E-state index in [0.29, 0.717) is 12.1 Å². The Hall–Kier alpha value is -2.84. The van der Waals surface area contributed by atoms with Gasteiger partial charge in [-0.15, -0.1) is 0 Å². The predicted octanol–water partition coefficient (Wildman–Crippen LogP) is 2.11. The van der Waals surface area contributed by atoms with Crippen LogP contribution in [-0.4, -0.2) is 16.0 Å². The lowest BCUT2D eigenvalue weighted by molar-refractivity contribution is -0.387. The van der Waals surface area contributed by atoms with Crippen LogP contribution < -0.4 is 5.32 Å². The van der Waals surface area contributed by atoms with Gasteiger partial charge in [0.2, 0.25) is 5.82 Å². The third kappa shape index (κ3) is 2.54. The molecule has 0 aliphatic carbocycles. The highest BCUT2D eigenvalue weighted by atomic mass is 19.1. The van der Waals surface area contributed by atoms with Crippen LogP contribution in [0.3, 0.4) is 0 Å². The molecule has 0 saturated carbocycles. The number of carbonyl (C=O) groups is 1. The summed E-state index contributed by atoms with van der Waals surface area (Å²) in [6, 6.07) is 0.800. The highest BCUT2D eigenvalue weighted by Crippen LogP contribution is 2.22. The molecule has 0 fully saturated rings. The molecule has 0 atom stereocenters. The highest BCUT2D eigenvalue weighted by Gasteiger charge is 2.22. The summed E-state index contributed by atoms with van der Waals surface area (Å²) in [6.07, 6.45) is 2.23. The number of hydrogen-bond acceptors (Lipinski definition) is 5. The highest BCUT2D eigenvalue weighted by molar-refractivity contribution is 6.04. The van der Waals surface area contributed by atoms with Crippen molar-refractivity contribution in [2.45, 2.75) is 0 Å². The van der Waals surface area contributed by atoms with Crippen LogP contribution in [0.4, 0.5) is 20.2 Å². The number of rotatable bonds is 3. The average molecular weight is 269 g/mol. The quantitative estimate of drug-likeness (QED) is 0.679. The molecular weight excluding hydrogens is 264 g/mol. The van der Waals surface area contributed by atoms with Crippen molar-refractivity contribution in [3.8, 4) is 0 Å². The summed E-state index contributed by atoms with van der Waals surface area (Å²) in [7, 11) is 0. The number of hydrogen-bond donors (Lipinski definition) is 1. The Labute approximate surface area is 104 Å². The third-order valence-corrected chi connectivity index (χ3v) is 2.17. The molecule has 98 valence electrons. The van der Waals surface area contributed by atoms with Gasteiger partial charge in [0, 0.05) is 0 Å². The van der Waals surface area contributed by atoms with Gasteiger partial charge in [-0.25, -0.2) is 4.39 Å². The smallest absolute Gasteiger partial charge is 0.307 e. The van der Waals surface area contributed by atoms with Crippen LogP contribution in [0.1, 0.15) is 10.4 Å². The number of nitro benzene ring substituents is 1. The minimum absolute atomic E-state index is 0.142.